The van der Waals surface area contributed by atoms with Crippen molar-refractivity contribution in [1.29, 1.82) is 5.26 Å². The van der Waals surface area contributed by atoms with Crippen molar-refractivity contribution >= 4 is 23.0 Å². The average molecular weight is 308 g/mol. The molecule has 0 fully saturated rings. The molecule has 23 heavy (non-hydrogen) atoms. The molecular weight excluding hydrogens is 292 g/mol. The van der Waals surface area contributed by atoms with Gasteiger partial charge in [0.05, 0.1) is 34.7 Å². The third kappa shape index (κ3) is 3.25. The van der Waals surface area contributed by atoms with E-state index in [0.717, 1.165) is 5.69 Å². The van der Waals surface area contributed by atoms with Gasteiger partial charge in [-0.15, -0.1) is 0 Å². The van der Waals surface area contributed by atoms with Gasteiger partial charge < -0.3 is 10.6 Å². The first kappa shape index (κ1) is 14.9. The number of nitrogens with zero attached hydrogens (tertiary/aromatic N) is 1. The van der Waals surface area contributed by atoms with Gasteiger partial charge >= 0.3 is 0 Å². The predicted octanol–water partition coefficient (Wildman–Crippen LogP) is 2.97. The maximum atomic E-state index is 12.5. The first-order valence-corrected chi connectivity index (χ1v) is 7.27. The maximum absolute atomic E-state index is 12.5. The van der Waals surface area contributed by atoms with Gasteiger partial charge in [0.25, 0.3) is 5.91 Å². The molecule has 1 unspecified atom stereocenters. The lowest BCUT2D eigenvalue weighted by atomic mass is 10.1. The topological polar surface area (TPSA) is 86.2 Å². The van der Waals surface area contributed by atoms with E-state index in [2.05, 4.69) is 16.1 Å². The quantitative estimate of drug-likeness (QED) is 0.794. The second-order valence-electron chi connectivity index (χ2n) is 5.28. The van der Waals surface area contributed by atoms with Gasteiger partial charge in [-0.1, -0.05) is 6.07 Å². The Morgan fingerprint density at radius 2 is 2.09 bits per heavy atom. The summed E-state index contributed by atoms with van der Waals surface area (Å²) in [5.74, 6) is -0.226. The second kappa shape index (κ2) is 6.38. The van der Waals surface area contributed by atoms with Gasteiger partial charge in [0.1, 0.15) is 0 Å². The zero-order valence-electron chi connectivity index (χ0n) is 12.6. The second-order valence-corrected chi connectivity index (χ2v) is 5.28. The van der Waals surface area contributed by atoms with Crippen LogP contribution < -0.4 is 16.1 Å². The molecule has 1 atom stereocenters. The van der Waals surface area contributed by atoms with E-state index in [1.165, 1.54) is 0 Å². The Labute approximate surface area is 134 Å². The van der Waals surface area contributed by atoms with Crippen LogP contribution in [0.15, 0.2) is 42.5 Å². The van der Waals surface area contributed by atoms with Crippen LogP contribution in [0.3, 0.4) is 0 Å². The Kier molecular flexibility index (Phi) is 4.13. The minimum absolute atomic E-state index is 0.0168. The first-order chi connectivity index (χ1) is 11.2. The summed E-state index contributed by atoms with van der Waals surface area (Å²) in [6.07, 6.45) is -0.0168. The molecule has 0 aliphatic carbocycles. The van der Waals surface area contributed by atoms with Gasteiger partial charge in [-0.2, -0.15) is 5.26 Å². The van der Waals surface area contributed by atoms with E-state index in [1.807, 2.05) is 19.1 Å². The Bertz CT molecular complexity index is 765. The van der Waals surface area contributed by atoms with Crippen molar-refractivity contribution in [1.82, 2.24) is 0 Å². The van der Waals surface area contributed by atoms with Crippen molar-refractivity contribution in [2.75, 3.05) is 22.7 Å². The maximum Gasteiger partial charge on any atom is 0.257 e. The number of hydrogen-bond acceptors (Lipinski definition) is 5. The third-order valence-electron chi connectivity index (χ3n) is 3.52. The molecule has 3 N–H and O–H groups in total. The molecule has 2 aromatic rings. The highest BCUT2D eigenvalue weighted by Gasteiger charge is 2.19. The standard InChI is InChI=1S/C17H16N4O2/c1-11-10-19-16-14(3-2-4-15(16)21-23-11)17(22)20-13-7-5-12(9-18)6-8-13/h2-8,11,19,21H,10H2,1H3,(H,20,22). The SMILES string of the molecule is CC1CNc2c(cccc2C(=O)Nc2ccc(C#N)cc2)NO1. The van der Waals surface area contributed by atoms with Crippen LogP contribution in [0, 0.1) is 11.3 Å². The number of hydrogen-bond donors (Lipinski definition) is 3. The summed E-state index contributed by atoms with van der Waals surface area (Å²) in [7, 11) is 0. The molecular formula is C17H16N4O2. The summed E-state index contributed by atoms with van der Waals surface area (Å²) in [5, 5.41) is 14.9. The van der Waals surface area contributed by atoms with E-state index in [9.17, 15) is 4.79 Å². The molecule has 1 heterocycles. The van der Waals surface area contributed by atoms with Crippen molar-refractivity contribution in [3.8, 4) is 6.07 Å². The zero-order chi connectivity index (χ0) is 16.2. The molecule has 1 aliphatic rings. The minimum atomic E-state index is -0.226. The lowest BCUT2D eigenvalue weighted by Crippen LogP contribution is -2.19. The summed E-state index contributed by atoms with van der Waals surface area (Å²) in [4.78, 5) is 18.0. The molecule has 1 amide bonds. The number of nitrogens with one attached hydrogen (secondary N) is 3. The van der Waals surface area contributed by atoms with Gasteiger partial charge in [-0.25, -0.2) is 0 Å². The summed E-state index contributed by atoms with van der Waals surface area (Å²) in [6.45, 7) is 2.53. The van der Waals surface area contributed by atoms with Crippen LogP contribution in [-0.2, 0) is 4.84 Å². The number of carbonyl (C=O) groups is 1. The number of fused-ring (bicyclic) bond motifs is 1. The normalized spacial score (nSPS) is 16.1. The molecule has 3 rings (SSSR count). The van der Waals surface area contributed by atoms with Crippen molar-refractivity contribution in [3.63, 3.8) is 0 Å². The van der Waals surface area contributed by atoms with Crippen LogP contribution in [-0.4, -0.2) is 18.6 Å². The molecule has 1 aliphatic heterocycles. The molecule has 6 nitrogen and oxygen atoms in total. The lowest BCUT2D eigenvalue weighted by Gasteiger charge is -2.13. The fourth-order valence-electron chi connectivity index (χ4n) is 2.30. The molecule has 0 aromatic heterocycles. The van der Waals surface area contributed by atoms with Crippen LogP contribution in [0.5, 0.6) is 0 Å². The number of anilines is 3. The number of nitriles is 1. The van der Waals surface area contributed by atoms with Crippen molar-refractivity contribution in [3.05, 3.63) is 53.6 Å². The molecule has 0 bridgehead atoms. The number of para-hydroxylation sites is 1. The number of rotatable bonds is 2. The number of amides is 1. The van der Waals surface area contributed by atoms with Gasteiger partial charge in [-0.05, 0) is 43.3 Å². The van der Waals surface area contributed by atoms with E-state index >= 15 is 0 Å². The third-order valence-corrected chi connectivity index (χ3v) is 3.52. The van der Waals surface area contributed by atoms with E-state index in [1.54, 1.807) is 36.4 Å². The fraction of sp³-hybridized carbons (Fsp3) is 0.176. The Balaban J connectivity index is 1.84. The summed E-state index contributed by atoms with van der Waals surface area (Å²) < 4.78 is 0. The molecule has 0 saturated heterocycles. The van der Waals surface area contributed by atoms with Crippen molar-refractivity contribution in [2.24, 2.45) is 0 Å². The Morgan fingerprint density at radius 1 is 1.30 bits per heavy atom. The van der Waals surface area contributed by atoms with Crippen LogP contribution >= 0.6 is 0 Å². The van der Waals surface area contributed by atoms with Crippen LogP contribution in [0.2, 0.25) is 0 Å². The molecule has 6 heteroatoms. The van der Waals surface area contributed by atoms with Crippen LogP contribution in [0.4, 0.5) is 17.1 Å². The van der Waals surface area contributed by atoms with Crippen molar-refractivity contribution in [2.45, 2.75) is 13.0 Å². The van der Waals surface area contributed by atoms with Crippen LogP contribution in [0.1, 0.15) is 22.8 Å². The van der Waals surface area contributed by atoms with E-state index < -0.39 is 0 Å². The lowest BCUT2D eigenvalue weighted by molar-refractivity contribution is 0.102. The summed E-state index contributed by atoms with van der Waals surface area (Å²) in [6, 6.07) is 14.2. The average Bonchev–Trinajstić information content (AvgIpc) is 2.77. The van der Waals surface area contributed by atoms with E-state index in [4.69, 9.17) is 10.1 Å². The Hall–Kier alpha value is -3.04. The largest absolute Gasteiger partial charge is 0.380 e. The first-order valence-electron chi connectivity index (χ1n) is 7.27. The van der Waals surface area contributed by atoms with Gasteiger partial charge in [0, 0.05) is 12.2 Å². The molecule has 0 saturated carbocycles. The molecule has 2 aromatic carbocycles. The monoisotopic (exact) mass is 308 g/mol. The summed E-state index contributed by atoms with van der Waals surface area (Å²) >= 11 is 0. The molecule has 116 valence electrons. The highest BCUT2D eigenvalue weighted by Crippen LogP contribution is 2.29. The number of carbonyl (C=O) groups excluding carboxylic acids is 1. The van der Waals surface area contributed by atoms with Gasteiger partial charge in [-0.3, -0.25) is 15.1 Å². The minimum Gasteiger partial charge on any atom is -0.380 e. The number of benzene rings is 2. The van der Waals surface area contributed by atoms with Crippen LogP contribution in [0.25, 0.3) is 0 Å². The fourth-order valence-corrected chi connectivity index (χ4v) is 2.30. The highest BCUT2D eigenvalue weighted by atomic mass is 16.7. The van der Waals surface area contributed by atoms with Gasteiger partial charge in [0.2, 0.25) is 0 Å². The molecule has 0 radical (unpaired) electrons. The summed E-state index contributed by atoms with van der Waals surface area (Å²) in [5.41, 5.74) is 6.02. The van der Waals surface area contributed by atoms with E-state index in [-0.39, 0.29) is 12.0 Å². The zero-order valence-corrected chi connectivity index (χ0v) is 12.6. The van der Waals surface area contributed by atoms with Gasteiger partial charge in [0.15, 0.2) is 0 Å². The highest BCUT2D eigenvalue weighted by molar-refractivity contribution is 6.09. The molecule has 0 spiro atoms. The van der Waals surface area contributed by atoms with Crippen molar-refractivity contribution < 1.29 is 9.63 Å². The smallest absolute Gasteiger partial charge is 0.257 e. The van der Waals surface area contributed by atoms with E-state index in [0.29, 0.717) is 29.0 Å². The predicted molar refractivity (Wildman–Crippen MR) is 88.2 cm³/mol. The Morgan fingerprint density at radius 3 is 2.83 bits per heavy atom.